The fraction of sp³-hybridized carbons (Fsp3) is 0.182. The quantitative estimate of drug-likeness (QED) is 0.489. The summed E-state index contributed by atoms with van der Waals surface area (Å²) < 4.78 is 1.35. The van der Waals surface area contributed by atoms with E-state index in [0.717, 1.165) is 0 Å². The minimum atomic E-state index is -0.798. The molecule has 9 nitrogen and oxygen atoms in total. The molecule has 1 atom stereocenters. The molecule has 4 rings (SSSR count). The number of halogens is 2. The molecule has 0 aliphatic carbocycles. The van der Waals surface area contributed by atoms with Gasteiger partial charge in [-0.05, 0) is 43.2 Å². The third kappa shape index (κ3) is 4.94. The summed E-state index contributed by atoms with van der Waals surface area (Å²) in [5, 5.41) is 14.8. The van der Waals surface area contributed by atoms with Crippen LogP contribution in [0.5, 0.6) is 5.75 Å². The molecular formula is C22H19Cl2N5O4. The number of nitrogens with one attached hydrogen (secondary N) is 2. The van der Waals surface area contributed by atoms with E-state index in [1.165, 1.54) is 34.0 Å². The lowest BCUT2D eigenvalue weighted by atomic mass is 10.1. The summed E-state index contributed by atoms with van der Waals surface area (Å²) in [6.07, 6.45) is 2.34. The van der Waals surface area contributed by atoms with Crippen LogP contribution in [-0.2, 0) is 4.79 Å². The van der Waals surface area contributed by atoms with Crippen molar-refractivity contribution in [3.05, 3.63) is 76.0 Å². The predicted octanol–water partition coefficient (Wildman–Crippen LogP) is 2.95. The van der Waals surface area contributed by atoms with Crippen LogP contribution >= 0.6 is 23.2 Å². The van der Waals surface area contributed by atoms with Crippen molar-refractivity contribution in [2.24, 2.45) is 0 Å². The number of aromatic hydroxyl groups is 1. The van der Waals surface area contributed by atoms with Crippen molar-refractivity contribution in [2.45, 2.75) is 18.9 Å². The van der Waals surface area contributed by atoms with Crippen molar-refractivity contribution < 1.29 is 19.5 Å². The highest BCUT2D eigenvalue weighted by Gasteiger charge is 2.35. The van der Waals surface area contributed by atoms with Crippen molar-refractivity contribution in [1.29, 1.82) is 0 Å². The van der Waals surface area contributed by atoms with E-state index in [-0.39, 0.29) is 22.9 Å². The van der Waals surface area contributed by atoms with E-state index in [1.807, 2.05) is 6.07 Å². The number of carbonyl (C=O) groups is 3. The van der Waals surface area contributed by atoms with E-state index in [1.54, 1.807) is 24.3 Å². The molecule has 3 amide bonds. The van der Waals surface area contributed by atoms with Crippen LogP contribution in [0, 0.1) is 0 Å². The predicted molar refractivity (Wildman–Crippen MR) is 121 cm³/mol. The Balaban J connectivity index is 1.41. The van der Waals surface area contributed by atoms with E-state index < -0.39 is 17.9 Å². The summed E-state index contributed by atoms with van der Waals surface area (Å²) in [4.78, 5) is 39.5. The van der Waals surface area contributed by atoms with Gasteiger partial charge in [-0.15, -0.1) is 0 Å². The van der Waals surface area contributed by atoms with Gasteiger partial charge in [0.2, 0.25) is 0 Å². The molecule has 1 fully saturated rings. The zero-order valence-corrected chi connectivity index (χ0v) is 18.7. The first-order valence-electron chi connectivity index (χ1n) is 10.0. The summed E-state index contributed by atoms with van der Waals surface area (Å²) in [5.74, 6) is -2.10. The van der Waals surface area contributed by atoms with Crippen LogP contribution in [0.1, 0.15) is 33.7 Å². The van der Waals surface area contributed by atoms with Crippen LogP contribution in [0.25, 0.3) is 5.69 Å². The minimum Gasteiger partial charge on any atom is -0.504 e. The number of hydrogen-bond acceptors (Lipinski definition) is 5. The number of amides is 3. The van der Waals surface area contributed by atoms with Crippen molar-refractivity contribution >= 4 is 40.9 Å². The Hall–Kier alpha value is -3.56. The standard InChI is InChI=1S/C22H19Cl2N5O4/c23-14-9-13(10-15(24)11-14)22(33)28-8-4-7-17(28)20(31)25-26-21(32)19-18(30)12-29(27-19)16-5-2-1-3-6-16/h1-3,5-6,9-12,17,30H,4,7-8H2,(H,25,31)(H,26,32). The molecule has 0 radical (unpaired) electrons. The van der Waals surface area contributed by atoms with E-state index >= 15 is 0 Å². The second-order valence-corrected chi connectivity index (χ2v) is 8.27. The molecule has 3 N–H and O–H groups in total. The second kappa shape index (κ2) is 9.51. The van der Waals surface area contributed by atoms with Crippen molar-refractivity contribution in [1.82, 2.24) is 25.5 Å². The first kappa shape index (κ1) is 22.6. The Morgan fingerprint density at radius 2 is 1.73 bits per heavy atom. The minimum absolute atomic E-state index is 0.257. The van der Waals surface area contributed by atoms with E-state index in [4.69, 9.17) is 23.2 Å². The zero-order valence-electron chi connectivity index (χ0n) is 17.2. The van der Waals surface area contributed by atoms with Gasteiger partial charge in [-0.25, -0.2) is 4.68 Å². The van der Waals surface area contributed by atoms with Gasteiger partial charge in [-0.3, -0.25) is 25.2 Å². The maximum atomic E-state index is 12.9. The SMILES string of the molecule is O=C(NNC(=O)C1CCCN1C(=O)c1cc(Cl)cc(Cl)c1)c1nn(-c2ccccc2)cc1O. The van der Waals surface area contributed by atoms with Gasteiger partial charge in [0.1, 0.15) is 6.04 Å². The van der Waals surface area contributed by atoms with Crippen molar-refractivity contribution in [3.63, 3.8) is 0 Å². The molecule has 2 heterocycles. The summed E-state index contributed by atoms with van der Waals surface area (Å²) >= 11 is 12.0. The van der Waals surface area contributed by atoms with Gasteiger partial charge >= 0.3 is 0 Å². The molecule has 33 heavy (non-hydrogen) atoms. The summed E-state index contributed by atoms with van der Waals surface area (Å²) in [5.41, 5.74) is 5.22. The maximum absolute atomic E-state index is 12.9. The molecule has 1 unspecified atom stereocenters. The number of likely N-dealkylation sites (tertiary alicyclic amines) is 1. The third-order valence-electron chi connectivity index (χ3n) is 5.16. The Morgan fingerprint density at radius 1 is 1.03 bits per heavy atom. The molecule has 1 saturated heterocycles. The van der Waals surface area contributed by atoms with Crippen LogP contribution in [0.3, 0.4) is 0 Å². The van der Waals surface area contributed by atoms with Gasteiger partial charge in [0.25, 0.3) is 17.7 Å². The fourth-order valence-corrected chi connectivity index (χ4v) is 4.15. The highest BCUT2D eigenvalue weighted by molar-refractivity contribution is 6.35. The van der Waals surface area contributed by atoms with Gasteiger partial charge < -0.3 is 10.0 Å². The molecule has 3 aromatic rings. The van der Waals surface area contributed by atoms with Gasteiger partial charge in [0.15, 0.2) is 11.4 Å². The number of nitrogens with zero attached hydrogens (tertiary/aromatic N) is 3. The number of aromatic nitrogens is 2. The summed E-state index contributed by atoms with van der Waals surface area (Å²) in [6, 6.07) is 12.6. The molecule has 11 heteroatoms. The molecule has 2 aromatic carbocycles. The number of para-hydroxylation sites is 1. The topological polar surface area (TPSA) is 117 Å². The zero-order chi connectivity index (χ0) is 23.5. The second-order valence-electron chi connectivity index (χ2n) is 7.40. The molecule has 0 spiro atoms. The number of benzene rings is 2. The Kier molecular flexibility index (Phi) is 6.52. The Morgan fingerprint density at radius 3 is 2.42 bits per heavy atom. The van der Waals surface area contributed by atoms with Crippen molar-refractivity contribution in [2.75, 3.05) is 6.54 Å². The smallest absolute Gasteiger partial charge is 0.294 e. The summed E-state index contributed by atoms with van der Waals surface area (Å²) in [7, 11) is 0. The lowest BCUT2D eigenvalue weighted by Crippen LogP contribution is -2.51. The average Bonchev–Trinajstić information content (AvgIpc) is 3.44. The first-order chi connectivity index (χ1) is 15.8. The van der Waals surface area contributed by atoms with Crippen molar-refractivity contribution in [3.8, 4) is 11.4 Å². The molecule has 0 saturated carbocycles. The van der Waals surface area contributed by atoms with E-state index in [2.05, 4.69) is 16.0 Å². The molecule has 1 aromatic heterocycles. The lowest BCUT2D eigenvalue weighted by molar-refractivity contribution is -0.125. The van der Waals surface area contributed by atoms with E-state index in [9.17, 15) is 19.5 Å². The fourth-order valence-electron chi connectivity index (χ4n) is 3.63. The average molecular weight is 488 g/mol. The van der Waals surface area contributed by atoms with Crippen LogP contribution in [0.15, 0.2) is 54.7 Å². The number of carbonyl (C=O) groups excluding carboxylic acids is 3. The number of hydrogen-bond donors (Lipinski definition) is 3. The molecule has 170 valence electrons. The number of hydrazine groups is 1. The Labute approximate surface area is 198 Å². The van der Waals surface area contributed by atoms with Gasteiger partial charge in [0.05, 0.1) is 11.9 Å². The van der Waals surface area contributed by atoms with Crippen LogP contribution in [-0.4, -0.2) is 50.1 Å². The summed E-state index contributed by atoms with van der Waals surface area (Å²) in [6.45, 7) is 0.372. The van der Waals surface area contributed by atoms with Crippen LogP contribution in [0.4, 0.5) is 0 Å². The van der Waals surface area contributed by atoms with Gasteiger partial charge in [-0.1, -0.05) is 41.4 Å². The molecular weight excluding hydrogens is 469 g/mol. The normalized spacial score (nSPS) is 15.3. The molecule has 0 bridgehead atoms. The maximum Gasteiger partial charge on any atom is 0.294 e. The van der Waals surface area contributed by atoms with Crippen LogP contribution < -0.4 is 10.9 Å². The first-order valence-corrected chi connectivity index (χ1v) is 10.8. The number of rotatable bonds is 4. The monoisotopic (exact) mass is 487 g/mol. The Bertz CT molecular complexity index is 1190. The molecule has 1 aliphatic rings. The largest absolute Gasteiger partial charge is 0.504 e. The van der Waals surface area contributed by atoms with E-state index in [0.29, 0.717) is 35.1 Å². The molecule has 1 aliphatic heterocycles. The third-order valence-corrected chi connectivity index (χ3v) is 5.59. The van der Waals surface area contributed by atoms with Gasteiger partial charge in [-0.2, -0.15) is 5.10 Å². The van der Waals surface area contributed by atoms with Gasteiger partial charge in [0, 0.05) is 22.2 Å². The lowest BCUT2D eigenvalue weighted by Gasteiger charge is -2.24. The van der Waals surface area contributed by atoms with Crippen LogP contribution in [0.2, 0.25) is 10.0 Å². The highest BCUT2D eigenvalue weighted by Crippen LogP contribution is 2.24. The highest BCUT2D eigenvalue weighted by atomic mass is 35.5.